The van der Waals surface area contributed by atoms with E-state index in [9.17, 15) is 47.0 Å². The van der Waals surface area contributed by atoms with Crippen LogP contribution in [0.4, 0.5) is 13.2 Å². The fraction of sp³-hybridized carbons (Fsp3) is 0.542. The van der Waals surface area contributed by atoms with Crippen LogP contribution in [0.15, 0.2) is 162 Å². The lowest BCUT2D eigenvalue weighted by Crippen LogP contribution is -2.41. The summed E-state index contributed by atoms with van der Waals surface area (Å²) in [6.45, 7) is 52.1. The highest BCUT2D eigenvalue weighted by Crippen LogP contribution is 2.48. The van der Waals surface area contributed by atoms with E-state index in [0.29, 0.717) is 55.9 Å². The van der Waals surface area contributed by atoms with Gasteiger partial charge in [0.1, 0.15) is 40.8 Å². The number of alkyl halides is 3. The number of esters is 5. The van der Waals surface area contributed by atoms with Crippen LogP contribution in [0.3, 0.4) is 0 Å². The van der Waals surface area contributed by atoms with Crippen molar-refractivity contribution >= 4 is 90.8 Å². The number of hydrogen-bond donors (Lipinski definition) is 2. The Labute approximate surface area is 891 Å². The summed E-state index contributed by atoms with van der Waals surface area (Å²) in [5.74, 6) is 4.37. The molecule has 814 valence electrons. The molecular weight excluding hydrogens is 2010 g/mol. The molecule has 0 saturated carbocycles. The molecule has 23 nitrogen and oxygen atoms in total. The molecule has 0 spiro atoms. The van der Waals surface area contributed by atoms with Gasteiger partial charge < -0.3 is 81.0 Å². The standard InChI is InChI=1S/C33H44F3NO4.C22H30O4.C19H29BO5.C13H17IO3.C13H18O3.C10H14O.C8H18O2Si/c1-20-13-23(16-25(14-20)33(34,35)36)29(38)21(2)37-19-24-18-31(3,4)12-11-26(24)27-15-22(9-10-28(27)40-7)17-32(5,6)30(39)41-8;1-21(2)10-9-17(16(13-21)14-23)18-11-15(7-8-19(18)25-5)12-22(3,4)20(24)26-6;1-17(2,16(21)23-8)12-13-9-10-15(22-7)14(11-13)20-24-18(3,4)19(5,6)25-20;1-13(2,12(15)17-4)8-9-5-6-11(16-3)10(14)7-9;1-13(2,12(14)16-4)9-10-5-7-11(15-3)8-6-10;1-3-4-9-5-7-10(11-2)8-6-9;1-7(2)8(9-3)10-11(4,5)6/h9-10,13-16,21,29,37-38H,11-12,17-19H2,1-8H3;7-8,11,14H,9-10,12-13H2,1-6H3;9-11H,12H2,1-8H3;5-7H,8H2,1-4H3;5-8H,9H2,1-4H3;5-8H,3-4H2,1-2H3;1-6H3/t21-,29-;;;;;;/m0....../s1. The normalized spacial score (nSPS) is 15.1. The molecule has 1 aliphatic heterocycles. The summed E-state index contributed by atoms with van der Waals surface area (Å²) >= 11 is 2.22. The van der Waals surface area contributed by atoms with E-state index in [0.717, 1.165) is 162 Å². The van der Waals surface area contributed by atoms with Crippen molar-refractivity contribution in [3.8, 4) is 34.5 Å². The van der Waals surface area contributed by atoms with E-state index in [1.54, 1.807) is 69.7 Å². The topological polar surface area (TPSA) is 273 Å². The van der Waals surface area contributed by atoms with Crippen LogP contribution >= 0.6 is 22.6 Å². The van der Waals surface area contributed by atoms with Gasteiger partial charge in [-0.05, 0) is 389 Å². The number of halogens is 4. The number of nitrogens with one attached hydrogen (secondary N) is 1. The van der Waals surface area contributed by atoms with Crippen LogP contribution in [-0.4, -0.2) is 166 Å². The third kappa shape index (κ3) is 39.9. The van der Waals surface area contributed by atoms with Crippen molar-refractivity contribution in [3.63, 3.8) is 0 Å². The number of aldehydes is 1. The minimum atomic E-state index is -4.48. The van der Waals surface area contributed by atoms with Gasteiger partial charge in [-0.2, -0.15) is 13.2 Å². The van der Waals surface area contributed by atoms with Gasteiger partial charge in [-0.15, -0.1) is 0 Å². The van der Waals surface area contributed by atoms with Crippen molar-refractivity contribution in [1.29, 1.82) is 0 Å². The second kappa shape index (κ2) is 56.6. The van der Waals surface area contributed by atoms with Gasteiger partial charge in [-0.1, -0.05) is 113 Å². The van der Waals surface area contributed by atoms with Crippen molar-refractivity contribution in [3.05, 3.63) is 227 Å². The molecule has 10 rings (SSSR count). The number of methoxy groups -OCH3 is 12. The molecule has 0 amide bonds. The maximum Gasteiger partial charge on any atom is 0.498 e. The molecule has 29 heteroatoms. The van der Waals surface area contributed by atoms with Gasteiger partial charge in [0.15, 0.2) is 0 Å². The van der Waals surface area contributed by atoms with Crippen molar-refractivity contribution in [1.82, 2.24) is 5.32 Å². The van der Waals surface area contributed by atoms with Gasteiger partial charge in [0.25, 0.3) is 5.95 Å². The summed E-state index contributed by atoms with van der Waals surface area (Å²) in [6, 6.07) is 42.9. The second-order valence-electron chi connectivity index (χ2n) is 44.7. The molecule has 0 radical (unpaired) electrons. The molecule has 0 bridgehead atoms. The fourth-order valence-electron chi connectivity index (χ4n) is 17.3. The Balaban J connectivity index is 0.000000375. The van der Waals surface area contributed by atoms with Crippen LogP contribution in [0.5, 0.6) is 34.5 Å². The summed E-state index contributed by atoms with van der Waals surface area (Å²) in [4.78, 5) is 71.1. The molecule has 3 aliphatic rings. The number of aliphatic hydroxyl groups is 1. The predicted molar refractivity (Wildman–Crippen MR) is 591 cm³/mol. The summed E-state index contributed by atoms with van der Waals surface area (Å²) in [6.07, 6.45) is 5.95. The number of rotatable bonds is 35. The molecule has 147 heavy (non-hydrogen) atoms. The lowest BCUT2D eigenvalue weighted by Gasteiger charge is -2.35. The van der Waals surface area contributed by atoms with E-state index < -0.39 is 77.6 Å². The van der Waals surface area contributed by atoms with Crippen molar-refractivity contribution in [2.75, 3.05) is 91.9 Å². The van der Waals surface area contributed by atoms with Gasteiger partial charge >= 0.3 is 43.1 Å². The number of carbonyl (C=O) groups is 6. The van der Waals surface area contributed by atoms with Crippen LogP contribution < -0.4 is 39.2 Å². The van der Waals surface area contributed by atoms with E-state index in [2.05, 4.69) is 106 Å². The Bertz CT molecular complexity index is 5550. The number of allylic oxidation sites excluding steroid dienone is 4. The molecule has 1 fully saturated rings. The summed E-state index contributed by atoms with van der Waals surface area (Å²) in [5.41, 5.74) is 11.0. The highest BCUT2D eigenvalue weighted by molar-refractivity contribution is 14.1. The first-order valence-corrected chi connectivity index (χ1v) is 54.4. The lowest BCUT2D eigenvalue weighted by molar-refractivity contribution is -0.151. The minimum Gasteiger partial charge on any atom is -0.520 e. The number of carbonyl (C=O) groups excluding carboxylic acids is 6. The van der Waals surface area contributed by atoms with Gasteiger partial charge in [0, 0.05) is 34.7 Å². The van der Waals surface area contributed by atoms with E-state index in [-0.39, 0.29) is 46.2 Å². The average Bonchev–Trinajstić information content (AvgIpc) is 1.65. The first kappa shape index (κ1) is 129. The first-order valence-electron chi connectivity index (χ1n) is 49.9. The van der Waals surface area contributed by atoms with E-state index in [4.69, 9.17) is 70.6 Å². The Morgan fingerprint density at radius 2 is 0.837 bits per heavy atom. The largest absolute Gasteiger partial charge is 0.520 e. The molecule has 1 saturated heterocycles. The maximum atomic E-state index is 13.4. The summed E-state index contributed by atoms with van der Waals surface area (Å²) in [7, 11) is 16.6. The molecular formula is C118H170BF3INO22Si. The number of benzene rings is 7. The Morgan fingerprint density at radius 1 is 0.476 bits per heavy atom. The maximum absolute atomic E-state index is 13.4. The summed E-state index contributed by atoms with van der Waals surface area (Å²) < 4.78 is 121. The SMILES string of the molecule is CCCc1ccc(OC)cc1.COC(=O)C(C)(C)Cc1ccc(OC)c(B2OC(C)(C)C(C)(C)O2)c1.COC(=O)C(C)(C)Cc1ccc(OC)c(C2=C(C=O)CC(C)(C)CC2)c1.COC(=O)C(C)(C)Cc1ccc(OC)c(C2=C(CN[C@@H](C)[C@H](O)c3cc(C)cc(C(F)(F)F)c3)CC(C)(C)CC2)c1.COC(=O)C(C)(C)Cc1ccc(OC)c(I)c1.COC(=O)C(C)(C)Cc1ccc(OC)cc1.COC(O[Si](C)(C)C)=C(C)C. The second-order valence-corrected chi connectivity index (χ2v) is 50.3. The molecule has 1 heterocycles. The van der Waals surface area contributed by atoms with Gasteiger partial charge in [0.05, 0.1) is 139 Å². The Kier molecular flexibility index (Phi) is 49.7. The lowest BCUT2D eigenvalue weighted by atomic mass is 9.72. The van der Waals surface area contributed by atoms with Gasteiger partial charge in [-0.25, -0.2) is 0 Å². The molecule has 0 aromatic heterocycles. The highest BCUT2D eigenvalue weighted by atomic mass is 127. The van der Waals surface area contributed by atoms with Gasteiger partial charge in [-0.3, -0.25) is 28.8 Å². The molecule has 7 aromatic carbocycles. The first-order chi connectivity index (χ1) is 68.2. The summed E-state index contributed by atoms with van der Waals surface area (Å²) in [5, 5.41) is 14.4. The number of hydrogen-bond acceptors (Lipinski definition) is 23. The van der Waals surface area contributed by atoms with Gasteiger partial charge in [0.2, 0.25) is 8.32 Å². The van der Waals surface area contributed by atoms with E-state index in [1.165, 1.54) is 53.1 Å². The van der Waals surface area contributed by atoms with Crippen molar-refractivity contribution in [2.45, 2.75) is 292 Å². The fourth-order valence-corrected chi connectivity index (χ4v) is 19.0. The highest BCUT2D eigenvalue weighted by Gasteiger charge is 2.53. The molecule has 7 aromatic rings. The van der Waals surface area contributed by atoms with Crippen LogP contribution in [0.2, 0.25) is 19.6 Å². The van der Waals surface area contributed by atoms with Crippen molar-refractivity contribution < 1.29 is 118 Å². The average molecular weight is 2180 g/mol. The minimum absolute atomic E-state index is 0.0677. The third-order valence-electron chi connectivity index (χ3n) is 26.3. The number of ether oxygens (including phenoxy) is 12. The quantitative estimate of drug-likeness (QED) is 0.00933. The predicted octanol–water partition coefficient (Wildman–Crippen LogP) is 25.6. The van der Waals surface area contributed by atoms with Crippen LogP contribution in [0, 0.1) is 48.4 Å². The Hall–Kier alpha value is -10.2. The van der Waals surface area contributed by atoms with Crippen molar-refractivity contribution in [2.24, 2.45) is 37.9 Å². The molecule has 2 N–H and O–H groups in total. The van der Waals surface area contributed by atoms with E-state index in [1.807, 2.05) is 208 Å². The Morgan fingerprint density at radius 3 is 1.19 bits per heavy atom. The smallest absolute Gasteiger partial charge is 0.498 e. The molecule has 0 unspecified atom stereocenters. The zero-order valence-corrected chi connectivity index (χ0v) is 98.2. The van der Waals surface area contributed by atoms with E-state index >= 15 is 0 Å². The number of aryl methyl sites for hydroxylation is 2. The monoisotopic (exact) mass is 2180 g/mol. The molecule has 2 atom stereocenters. The van der Waals surface area contributed by atoms with Crippen LogP contribution in [-0.2, 0) is 116 Å². The third-order valence-corrected chi connectivity index (χ3v) is 27.9. The zero-order chi connectivity index (χ0) is 112. The van der Waals surface area contributed by atoms with Crippen LogP contribution in [0.1, 0.15) is 265 Å². The van der Waals surface area contributed by atoms with Crippen LogP contribution in [0.25, 0.3) is 11.1 Å². The molecule has 2 aliphatic carbocycles. The zero-order valence-electron chi connectivity index (χ0n) is 95.0. The number of aliphatic hydroxyl groups excluding tert-OH is 1.